The van der Waals surface area contributed by atoms with Crippen molar-refractivity contribution in [2.24, 2.45) is 0 Å². The molecule has 82 valence electrons. The lowest BCUT2D eigenvalue weighted by Crippen LogP contribution is -2.49. The maximum Gasteiger partial charge on any atom is 0.0473 e. The third-order valence-corrected chi connectivity index (χ3v) is 3.69. The molecule has 0 spiro atoms. The monoisotopic (exact) mass is 268 g/mol. The fraction of sp³-hybridized carbons (Fsp3) is 0.500. The van der Waals surface area contributed by atoms with Crippen LogP contribution in [0.4, 0.5) is 0 Å². The van der Waals surface area contributed by atoms with Crippen LogP contribution in [0, 0.1) is 0 Å². The van der Waals surface area contributed by atoms with Gasteiger partial charge in [0.05, 0.1) is 0 Å². The molecule has 2 atom stereocenters. The average molecular weight is 269 g/mol. The molecule has 1 saturated heterocycles. The highest BCUT2D eigenvalue weighted by molar-refractivity contribution is 9.10. The number of nitrogens with one attached hydrogen (secondary N) is 1. The standard InChI is InChI=1S/C12H17BrN2/c1-9-7-14-8-12(15(9)2)10-4-3-5-11(13)6-10/h3-6,9,12,14H,7-8H2,1-2H3. The number of hydrogen-bond acceptors (Lipinski definition) is 2. The molecule has 0 saturated carbocycles. The minimum atomic E-state index is 0.492. The Morgan fingerprint density at radius 2 is 2.20 bits per heavy atom. The lowest BCUT2D eigenvalue weighted by Gasteiger charge is -2.38. The first-order valence-electron chi connectivity index (χ1n) is 5.36. The molecule has 0 aromatic heterocycles. The number of hydrogen-bond donors (Lipinski definition) is 1. The molecule has 1 aliphatic heterocycles. The molecule has 1 aliphatic rings. The van der Waals surface area contributed by atoms with Crippen molar-refractivity contribution in [2.75, 3.05) is 20.1 Å². The SMILES string of the molecule is CC1CNCC(c2cccc(Br)c2)N1C. The second-order valence-corrected chi connectivity index (χ2v) is 5.16. The predicted molar refractivity (Wildman–Crippen MR) is 67.0 cm³/mol. The Morgan fingerprint density at radius 3 is 2.93 bits per heavy atom. The average Bonchev–Trinajstić information content (AvgIpc) is 2.22. The van der Waals surface area contributed by atoms with Gasteiger partial charge < -0.3 is 5.32 Å². The molecule has 0 bridgehead atoms. The van der Waals surface area contributed by atoms with Crippen molar-refractivity contribution in [3.05, 3.63) is 34.3 Å². The molecule has 3 heteroatoms. The summed E-state index contributed by atoms with van der Waals surface area (Å²) in [6.45, 7) is 4.38. The Labute approximate surface area is 99.8 Å². The van der Waals surface area contributed by atoms with E-state index >= 15 is 0 Å². The Balaban J connectivity index is 2.22. The third kappa shape index (κ3) is 2.41. The molecule has 2 unspecified atom stereocenters. The second-order valence-electron chi connectivity index (χ2n) is 4.24. The van der Waals surface area contributed by atoms with Crippen molar-refractivity contribution in [3.8, 4) is 0 Å². The van der Waals surface area contributed by atoms with Crippen LogP contribution < -0.4 is 5.32 Å². The fourth-order valence-corrected chi connectivity index (χ4v) is 2.51. The zero-order valence-corrected chi connectivity index (χ0v) is 10.8. The lowest BCUT2D eigenvalue weighted by molar-refractivity contribution is 0.141. The number of halogens is 1. The molecule has 1 N–H and O–H groups in total. The summed E-state index contributed by atoms with van der Waals surface area (Å²) in [4.78, 5) is 2.44. The van der Waals surface area contributed by atoms with Crippen molar-refractivity contribution in [1.29, 1.82) is 0 Å². The Hall–Kier alpha value is -0.380. The Bertz CT molecular complexity index is 340. The van der Waals surface area contributed by atoms with Crippen LogP contribution in [0.5, 0.6) is 0 Å². The van der Waals surface area contributed by atoms with Gasteiger partial charge >= 0.3 is 0 Å². The fourth-order valence-electron chi connectivity index (χ4n) is 2.09. The minimum absolute atomic E-state index is 0.492. The van der Waals surface area contributed by atoms with E-state index in [1.54, 1.807) is 0 Å². The van der Waals surface area contributed by atoms with Crippen molar-refractivity contribution in [1.82, 2.24) is 10.2 Å². The van der Waals surface area contributed by atoms with E-state index in [-0.39, 0.29) is 0 Å². The summed E-state index contributed by atoms with van der Waals surface area (Å²) in [7, 11) is 2.21. The van der Waals surface area contributed by atoms with Crippen LogP contribution >= 0.6 is 15.9 Å². The maximum absolute atomic E-state index is 3.52. The van der Waals surface area contributed by atoms with E-state index in [2.05, 4.69) is 64.4 Å². The van der Waals surface area contributed by atoms with Gasteiger partial charge in [-0.3, -0.25) is 4.90 Å². The zero-order chi connectivity index (χ0) is 10.8. The van der Waals surface area contributed by atoms with Gasteiger partial charge in [-0.2, -0.15) is 0 Å². The molecule has 0 aliphatic carbocycles. The van der Waals surface area contributed by atoms with Crippen LogP contribution in [0.15, 0.2) is 28.7 Å². The molecule has 1 aromatic carbocycles. The Morgan fingerprint density at radius 1 is 1.40 bits per heavy atom. The van der Waals surface area contributed by atoms with Gasteiger partial charge in [-0.05, 0) is 31.7 Å². The van der Waals surface area contributed by atoms with E-state index in [9.17, 15) is 0 Å². The summed E-state index contributed by atoms with van der Waals surface area (Å²) in [6, 6.07) is 9.68. The number of likely N-dealkylation sites (N-methyl/N-ethyl adjacent to an activating group) is 1. The van der Waals surface area contributed by atoms with Crippen LogP contribution in [-0.4, -0.2) is 31.1 Å². The van der Waals surface area contributed by atoms with Gasteiger partial charge in [0.15, 0.2) is 0 Å². The lowest BCUT2D eigenvalue weighted by atomic mass is 10.0. The summed E-state index contributed by atoms with van der Waals surface area (Å²) in [5.41, 5.74) is 1.38. The van der Waals surface area contributed by atoms with E-state index in [1.807, 2.05) is 0 Å². The van der Waals surface area contributed by atoms with Gasteiger partial charge in [-0.25, -0.2) is 0 Å². The largest absolute Gasteiger partial charge is 0.313 e. The molecule has 1 fully saturated rings. The number of piperazine rings is 1. The highest BCUT2D eigenvalue weighted by Crippen LogP contribution is 2.25. The topological polar surface area (TPSA) is 15.3 Å². The van der Waals surface area contributed by atoms with E-state index < -0.39 is 0 Å². The van der Waals surface area contributed by atoms with Crippen LogP contribution in [0.25, 0.3) is 0 Å². The number of rotatable bonds is 1. The quantitative estimate of drug-likeness (QED) is 0.842. The van der Waals surface area contributed by atoms with Gasteiger partial charge in [0.1, 0.15) is 0 Å². The molecule has 1 heterocycles. The van der Waals surface area contributed by atoms with Crippen molar-refractivity contribution >= 4 is 15.9 Å². The maximum atomic E-state index is 3.52. The van der Waals surface area contributed by atoms with Crippen molar-refractivity contribution < 1.29 is 0 Å². The number of nitrogens with zero attached hydrogens (tertiary/aromatic N) is 1. The normalized spacial score (nSPS) is 27.9. The summed E-state index contributed by atoms with van der Waals surface area (Å²) < 4.78 is 1.16. The van der Waals surface area contributed by atoms with E-state index in [0.717, 1.165) is 17.6 Å². The molecule has 2 nitrogen and oxygen atoms in total. The number of benzene rings is 1. The van der Waals surface area contributed by atoms with Crippen LogP contribution in [0.3, 0.4) is 0 Å². The third-order valence-electron chi connectivity index (χ3n) is 3.20. The summed E-state index contributed by atoms with van der Waals surface area (Å²) in [6.07, 6.45) is 0. The molecule has 15 heavy (non-hydrogen) atoms. The van der Waals surface area contributed by atoms with E-state index in [4.69, 9.17) is 0 Å². The molecule has 0 amide bonds. The first-order valence-corrected chi connectivity index (χ1v) is 6.16. The highest BCUT2D eigenvalue weighted by atomic mass is 79.9. The van der Waals surface area contributed by atoms with Gasteiger partial charge in [0, 0.05) is 29.6 Å². The smallest absolute Gasteiger partial charge is 0.0473 e. The molecular formula is C12H17BrN2. The van der Waals surface area contributed by atoms with Crippen LogP contribution in [-0.2, 0) is 0 Å². The summed E-state index contributed by atoms with van der Waals surface area (Å²) >= 11 is 3.52. The van der Waals surface area contributed by atoms with Gasteiger partial charge in [-0.1, -0.05) is 28.1 Å². The second kappa shape index (κ2) is 4.64. The van der Waals surface area contributed by atoms with Crippen LogP contribution in [0.2, 0.25) is 0 Å². The van der Waals surface area contributed by atoms with Gasteiger partial charge in [0.2, 0.25) is 0 Å². The van der Waals surface area contributed by atoms with Crippen molar-refractivity contribution in [2.45, 2.75) is 19.0 Å². The zero-order valence-electron chi connectivity index (χ0n) is 9.20. The van der Waals surface area contributed by atoms with E-state index in [0.29, 0.717) is 12.1 Å². The van der Waals surface area contributed by atoms with Gasteiger partial charge in [0.25, 0.3) is 0 Å². The van der Waals surface area contributed by atoms with Crippen molar-refractivity contribution in [3.63, 3.8) is 0 Å². The predicted octanol–water partition coefficient (Wildman–Crippen LogP) is 2.41. The molecule has 2 rings (SSSR count). The Kier molecular flexibility index (Phi) is 3.44. The summed E-state index contributed by atoms with van der Waals surface area (Å²) in [5, 5.41) is 3.48. The molecule has 1 aromatic rings. The molecule has 0 radical (unpaired) electrons. The summed E-state index contributed by atoms with van der Waals surface area (Å²) in [5.74, 6) is 0. The minimum Gasteiger partial charge on any atom is -0.313 e. The first kappa shape index (κ1) is 11.1. The van der Waals surface area contributed by atoms with Crippen LogP contribution in [0.1, 0.15) is 18.5 Å². The highest BCUT2D eigenvalue weighted by Gasteiger charge is 2.25. The van der Waals surface area contributed by atoms with Gasteiger partial charge in [-0.15, -0.1) is 0 Å². The van der Waals surface area contributed by atoms with E-state index in [1.165, 1.54) is 5.56 Å². The first-order chi connectivity index (χ1) is 7.18. The molecular weight excluding hydrogens is 252 g/mol.